The number of carbonyl (C=O) groups is 2. The molecule has 2 unspecified atom stereocenters. The van der Waals surface area contributed by atoms with Gasteiger partial charge in [-0.3, -0.25) is 4.79 Å². The maximum absolute atomic E-state index is 12.4. The first kappa shape index (κ1) is 16.8. The summed E-state index contributed by atoms with van der Waals surface area (Å²) in [6, 6.07) is -0.0264. The number of rotatable bonds is 5. The molecule has 2 N–H and O–H groups in total. The average Bonchev–Trinajstić information content (AvgIpc) is 2.54. The van der Waals surface area contributed by atoms with E-state index in [0.717, 1.165) is 25.8 Å². The predicted octanol–water partition coefficient (Wildman–Crippen LogP) is 2.78. The molecule has 1 saturated heterocycles. The van der Waals surface area contributed by atoms with E-state index in [4.69, 9.17) is 0 Å². The smallest absolute Gasteiger partial charge is 0.315 e. The van der Waals surface area contributed by atoms with Gasteiger partial charge in [-0.1, -0.05) is 13.0 Å². The second kappa shape index (κ2) is 8.20. The number of hydrogen-bond acceptors (Lipinski definition) is 2. The first-order valence-corrected chi connectivity index (χ1v) is 8.66. The standard InChI is InChI=1S/C17H29N3O2/c1-3-13(2)19-17(22)18-11-10-16(21)20-12-6-8-14-7-4-5-9-15(14)20/h9,13-14H,3-8,10-12H2,1-2H3,(H2,18,19,22). The van der Waals surface area contributed by atoms with E-state index in [9.17, 15) is 9.59 Å². The summed E-state index contributed by atoms with van der Waals surface area (Å²) in [5.74, 6) is 0.717. The second-order valence-electron chi connectivity index (χ2n) is 6.40. The van der Waals surface area contributed by atoms with Crippen molar-refractivity contribution in [2.24, 2.45) is 5.92 Å². The van der Waals surface area contributed by atoms with Gasteiger partial charge in [-0.25, -0.2) is 4.79 Å². The first-order chi connectivity index (χ1) is 10.6. The highest BCUT2D eigenvalue weighted by atomic mass is 16.2. The minimum absolute atomic E-state index is 0.140. The van der Waals surface area contributed by atoms with E-state index in [-0.39, 0.29) is 18.0 Å². The molecule has 1 fully saturated rings. The van der Waals surface area contributed by atoms with Crippen molar-refractivity contribution >= 4 is 11.9 Å². The highest BCUT2D eigenvalue weighted by Crippen LogP contribution is 2.35. The molecule has 124 valence electrons. The quantitative estimate of drug-likeness (QED) is 0.820. The highest BCUT2D eigenvalue weighted by molar-refractivity contribution is 5.80. The molecule has 0 spiro atoms. The largest absolute Gasteiger partial charge is 0.338 e. The lowest BCUT2D eigenvalue weighted by Gasteiger charge is -2.38. The van der Waals surface area contributed by atoms with Crippen LogP contribution in [0.3, 0.4) is 0 Å². The molecule has 0 bridgehead atoms. The van der Waals surface area contributed by atoms with E-state index >= 15 is 0 Å². The van der Waals surface area contributed by atoms with Gasteiger partial charge in [0.05, 0.1) is 0 Å². The number of piperidine rings is 1. The molecular weight excluding hydrogens is 278 g/mol. The minimum Gasteiger partial charge on any atom is -0.338 e. The number of nitrogens with one attached hydrogen (secondary N) is 2. The van der Waals surface area contributed by atoms with Crippen molar-refractivity contribution in [2.75, 3.05) is 13.1 Å². The van der Waals surface area contributed by atoms with Crippen molar-refractivity contribution in [3.05, 3.63) is 11.8 Å². The molecule has 2 atom stereocenters. The van der Waals surface area contributed by atoms with E-state index in [1.54, 1.807) is 0 Å². The molecule has 1 aliphatic carbocycles. The number of carbonyl (C=O) groups excluding carboxylic acids is 2. The molecule has 1 heterocycles. The summed E-state index contributed by atoms with van der Waals surface area (Å²) in [4.78, 5) is 26.0. The second-order valence-corrected chi connectivity index (χ2v) is 6.40. The van der Waals surface area contributed by atoms with Crippen molar-refractivity contribution in [3.8, 4) is 0 Å². The predicted molar refractivity (Wildman–Crippen MR) is 87.3 cm³/mol. The van der Waals surface area contributed by atoms with Crippen LogP contribution in [0.2, 0.25) is 0 Å². The fraction of sp³-hybridized carbons (Fsp3) is 0.765. The molecule has 3 amide bonds. The van der Waals surface area contributed by atoms with E-state index < -0.39 is 0 Å². The van der Waals surface area contributed by atoms with Crippen molar-refractivity contribution in [3.63, 3.8) is 0 Å². The molecule has 0 saturated carbocycles. The van der Waals surface area contributed by atoms with Gasteiger partial charge >= 0.3 is 6.03 Å². The number of hydrogen-bond donors (Lipinski definition) is 2. The lowest BCUT2D eigenvalue weighted by Crippen LogP contribution is -2.43. The fourth-order valence-corrected chi connectivity index (χ4v) is 3.24. The Labute approximate surface area is 133 Å². The Hall–Kier alpha value is -1.52. The number of urea groups is 1. The number of nitrogens with zero attached hydrogens (tertiary/aromatic N) is 1. The molecule has 2 aliphatic rings. The molecule has 2 rings (SSSR count). The maximum atomic E-state index is 12.4. The van der Waals surface area contributed by atoms with Crippen LogP contribution in [0.4, 0.5) is 4.79 Å². The summed E-state index contributed by atoms with van der Waals surface area (Å²) >= 11 is 0. The molecule has 22 heavy (non-hydrogen) atoms. The minimum atomic E-state index is -0.185. The van der Waals surface area contributed by atoms with E-state index in [1.807, 2.05) is 18.7 Å². The molecule has 1 aliphatic heterocycles. The molecular formula is C17H29N3O2. The Balaban J connectivity index is 1.77. The molecule has 0 aromatic rings. The SMILES string of the molecule is CCC(C)NC(=O)NCCC(=O)N1CCCC2CCCC=C21. The van der Waals surface area contributed by atoms with Gasteiger partial charge in [-0.05, 0) is 51.4 Å². The highest BCUT2D eigenvalue weighted by Gasteiger charge is 2.29. The van der Waals surface area contributed by atoms with Crippen LogP contribution in [-0.4, -0.2) is 36.0 Å². The van der Waals surface area contributed by atoms with Gasteiger partial charge in [0.1, 0.15) is 0 Å². The third-order valence-corrected chi connectivity index (χ3v) is 4.69. The average molecular weight is 307 g/mol. The molecule has 0 aromatic carbocycles. The maximum Gasteiger partial charge on any atom is 0.315 e. The normalized spacial score (nSPS) is 22.4. The van der Waals surface area contributed by atoms with Crippen molar-refractivity contribution in [1.29, 1.82) is 0 Å². The van der Waals surface area contributed by atoms with Gasteiger partial charge < -0.3 is 15.5 Å². The summed E-state index contributed by atoms with van der Waals surface area (Å²) in [6.45, 7) is 5.23. The first-order valence-electron chi connectivity index (χ1n) is 8.66. The van der Waals surface area contributed by atoms with Crippen LogP contribution >= 0.6 is 0 Å². The monoisotopic (exact) mass is 307 g/mol. The molecule has 0 radical (unpaired) electrons. The van der Waals surface area contributed by atoms with Crippen molar-refractivity contribution < 1.29 is 9.59 Å². The zero-order valence-electron chi connectivity index (χ0n) is 13.9. The number of allylic oxidation sites excluding steroid dienone is 2. The van der Waals surface area contributed by atoms with E-state index in [0.29, 0.717) is 18.9 Å². The summed E-state index contributed by atoms with van der Waals surface area (Å²) in [6.07, 6.45) is 9.37. The summed E-state index contributed by atoms with van der Waals surface area (Å²) < 4.78 is 0. The Morgan fingerprint density at radius 3 is 2.91 bits per heavy atom. The third kappa shape index (κ3) is 4.49. The summed E-state index contributed by atoms with van der Waals surface area (Å²) in [5, 5.41) is 5.61. The van der Waals surface area contributed by atoms with Gasteiger partial charge in [-0.2, -0.15) is 0 Å². The van der Waals surface area contributed by atoms with Crippen LogP contribution in [0.5, 0.6) is 0 Å². The Morgan fingerprint density at radius 1 is 1.36 bits per heavy atom. The zero-order valence-corrected chi connectivity index (χ0v) is 13.9. The van der Waals surface area contributed by atoms with Gasteiger partial charge in [0.25, 0.3) is 0 Å². The van der Waals surface area contributed by atoms with Crippen LogP contribution in [-0.2, 0) is 4.79 Å². The zero-order chi connectivity index (χ0) is 15.9. The molecule has 5 heteroatoms. The van der Waals surface area contributed by atoms with Crippen LogP contribution in [0.15, 0.2) is 11.8 Å². The fourth-order valence-electron chi connectivity index (χ4n) is 3.24. The lowest BCUT2D eigenvalue weighted by molar-refractivity contribution is -0.130. The van der Waals surface area contributed by atoms with Crippen LogP contribution in [0.25, 0.3) is 0 Å². The van der Waals surface area contributed by atoms with Crippen molar-refractivity contribution in [2.45, 2.75) is 64.8 Å². The Bertz CT molecular complexity index is 434. The molecule has 5 nitrogen and oxygen atoms in total. The number of amides is 3. The summed E-state index contributed by atoms with van der Waals surface area (Å²) in [5.41, 5.74) is 1.24. The van der Waals surface area contributed by atoms with E-state index in [2.05, 4.69) is 16.7 Å². The van der Waals surface area contributed by atoms with Gasteiger partial charge in [0.2, 0.25) is 5.91 Å². The lowest BCUT2D eigenvalue weighted by atomic mass is 9.85. The Morgan fingerprint density at radius 2 is 2.14 bits per heavy atom. The van der Waals surface area contributed by atoms with Gasteiger partial charge in [0.15, 0.2) is 0 Å². The summed E-state index contributed by atoms with van der Waals surface area (Å²) in [7, 11) is 0. The van der Waals surface area contributed by atoms with Crippen molar-refractivity contribution in [1.82, 2.24) is 15.5 Å². The van der Waals surface area contributed by atoms with Gasteiger partial charge in [-0.15, -0.1) is 0 Å². The topological polar surface area (TPSA) is 61.4 Å². The van der Waals surface area contributed by atoms with Gasteiger partial charge in [0, 0.05) is 31.2 Å². The van der Waals surface area contributed by atoms with Crippen LogP contribution < -0.4 is 10.6 Å². The number of fused-ring (bicyclic) bond motifs is 1. The Kier molecular flexibility index (Phi) is 6.28. The molecule has 0 aromatic heterocycles. The van der Waals surface area contributed by atoms with E-state index in [1.165, 1.54) is 25.0 Å². The number of likely N-dealkylation sites (tertiary alicyclic amines) is 1. The third-order valence-electron chi connectivity index (χ3n) is 4.69. The van der Waals surface area contributed by atoms with Crippen LogP contribution in [0, 0.1) is 5.92 Å². The van der Waals surface area contributed by atoms with Crippen LogP contribution in [0.1, 0.15) is 58.8 Å².